The first-order valence-corrected chi connectivity index (χ1v) is 8.95. The van der Waals surface area contributed by atoms with Gasteiger partial charge >= 0.3 is 71.1 Å². The number of esters is 1. The van der Waals surface area contributed by atoms with Crippen LogP contribution in [-0.2, 0) is 14.3 Å². The van der Waals surface area contributed by atoms with Crippen molar-refractivity contribution in [2.24, 2.45) is 0 Å². The van der Waals surface area contributed by atoms with Crippen molar-refractivity contribution < 1.29 is 81.4 Å². The molecule has 0 fully saturated rings. The third-order valence-electron chi connectivity index (χ3n) is 3.35. The van der Waals surface area contributed by atoms with Crippen LogP contribution >= 0.6 is 0 Å². The molecule has 0 aliphatic carbocycles. The van der Waals surface area contributed by atoms with E-state index >= 15 is 0 Å². The summed E-state index contributed by atoms with van der Waals surface area (Å²) in [6, 6.07) is 0. The van der Waals surface area contributed by atoms with Gasteiger partial charge in [0.25, 0.3) is 0 Å². The van der Waals surface area contributed by atoms with Crippen LogP contribution in [0.2, 0.25) is 0 Å². The molecule has 0 saturated carbocycles. The van der Waals surface area contributed by atoms with E-state index < -0.39 is 5.97 Å². The molecule has 0 rings (SSSR count). The molecule has 0 heterocycles. The molecule has 4 N–H and O–H groups in total. The number of ether oxygens (including phenoxy) is 1. The molecule has 144 valence electrons. The fourth-order valence-electron chi connectivity index (χ4n) is 1.88. The number of aliphatic carboxylic acids is 1. The van der Waals surface area contributed by atoms with Gasteiger partial charge in [0.1, 0.15) is 0 Å². The van der Waals surface area contributed by atoms with E-state index in [0.29, 0.717) is 13.0 Å². The predicted molar refractivity (Wildman–Crippen MR) is 98.3 cm³/mol. The molecule has 0 spiro atoms. The summed E-state index contributed by atoms with van der Waals surface area (Å²) in [6.45, 7) is 6.30. The fourth-order valence-corrected chi connectivity index (χ4v) is 1.88. The fraction of sp³-hybridized carbons (Fsp3) is 0.889. The zero-order valence-corrected chi connectivity index (χ0v) is 21.6. The number of unbranched alkanes of at least 4 members (excludes halogenated alkanes) is 9. The van der Waals surface area contributed by atoms with Gasteiger partial charge in [-0.05, 0) is 6.42 Å². The van der Waals surface area contributed by atoms with E-state index in [-0.39, 0.29) is 80.5 Å². The third kappa shape index (κ3) is 40.8. The summed E-state index contributed by atoms with van der Waals surface area (Å²) in [5, 5.41) is 7.72. The number of hydrogen-bond acceptors (Lipinski definition) is 4. The first-order chi connectivity index (χ1) is 10.6. The zero-order valence-electron chi connectivity index (χ0n) is 19.6. The summed E-state index contributed by atoms with van der Waals surface area (Å²) >= 11 is 0. The van der Waals surface area contributed by atoms with Crippen LogP contribution in [0.4, 0.5) is 0 Å². The largest absolute Gasteiger partial charge is 1.00 e. The van der Waals surface area contributed by atoms with Crippen LogP contribution in [0.25, 0.3) is 0 Å². The van der Waals surface area contributed by atoms with E-state index in [9.17, 15) is 9.59 Å². The maximum Gasteiger partial charge on any atom is 1.00 e. The molecule has 0 saturated heterocycles. The molecule has 0 bridgehead atoms. The standard InChI is InChI=1S/C15H30O2.C3H6O2.H3N.2Na.2H/c1-3-5-6-7-8-9-10-11-12-13-14-17-15(16)4-2;1-2-3(4)5;;;;;/h3-14H2,1-2H3;2H2,1H3,(H,4,5);1H3;;;;/q;;;2*+1;2*-1. The van der Waals surface area contributed by atoms with Crippen LogP contribution in [0.3, 0.4) is 0 Å². The van der Waals surface area contributed by atoms with E-state index in [1.165, 1.54) is 57.8 Å². The molecular weight excluding hydrogens is 340 g/mol. The third-order valence-corrected chi connectivity index (χ3v) is 3.35. The minimum atomic E-state index is -0.745. The van der Waals surface area contributed by atoms with E-state index in [4.69, 9.17) is 9.84 Å². The summed E-state index contributed by atoms with van der Waals surface area (Å²) in [5.41, 5.74) is 0. The first-order valence-electron chi connectivity index (χ1n) is 8.95. The summed E-state index contributed by atoms with van der Waals surface area (Å²) in [4.78, 5) is 20.2. The minimum Gasteiger partial charge on any atom is -1.00 e. The molecule has 0 aromatic heterocycles. The summed E-state index contributed by atoms with van der Waals surface area (Å²) in [6.07, 6.45) is 13.9. The number of carbonyl (C=O) groups is 2. The van der Waals surface area contributed by atoms with E-state index in [1.807, 2.05) is 6.92 Å². The Labute approximate surface area is 202 Å². The first kappa shape index (κ1) is 36.8. The van der Waals surface area contributed by atoms with Crippen LogP contribution < -0.4 is 65.3 Å². The van der Waals surface area contributed by atoms with Crippen LogP contribution in [0.5, 0.6) is 0 Å². The molecule has 0 atom stereocenters. The van der Waals surface area contributed by atoms with Gasteiger partial charge in [-0.25, -0.2) is 0 Å². The van der Waals surface area contributed by atoms with E-state index in [0.717, 1.165) is 6.42 Å². The van der Waals surface area contributed by atoms with Crippen molar-refractivity contribution in [1.82, 2.24) is 6.15 Å². The molecule has 0 radical (unpaired) electrons. The minimum absolute atomic E-state index is 0. The van der Waals surface area contributed by atoms with Gasteiger partial charge in [0.15, 0.2) is 0 Å². The normalized spacial score (nSPS) is 8.60. The molecule has 5 nitrogen and oxygen atoms in total. The van der Waals surface area contributed by atoms with Crippen molar-refractivity contribution in [3.8, 4) is 0 Å². The summed E-state index contributed by atoms with van der Waals surface area (Å²) < 4.78 is 5.02. The Kier molecular flexibility index (Phi) is 47.9. The Morgan fingerprint density at radius 2 is 1.12 bits per heavy atom. The van der Waals surface area contributed by atoms with Crippen molar-refractivity contribution in [3.63, 3.8) is 0 Å². The predicted octanol–water partition coefficient (Wildman–Crippen LogP) is -0.263. The number of carboxylic acid groups (broad SMARTS) is 1. The number of carbonyl (C=O) groups excluding carboxylic acids is 1. The second-order valence-electron chi connectivity index (χ2n) is 5.50. The maximum absolute atomic E-state index is 10.8. The Hall–Kier alpha value is 0.900. The Morgan fingerprint density at radius 3 is 1.44 bits per heavy atom. The summed E-state index contributed by atoms with van der Waals surface area (Å²) in [7, 11) is 0. The van der Waals surface area contributed by atoms with Crippen molar-refractivity contribution >= 4 is 11.9 Å². The average molecular weight is 382 g/mol. The molecule has 0 aromatic rings. The van der Waals surface area contributed by atoms with E-state index in [2.05, 4.69) is 6.92 Å². The van der Waals surface area contributed by atoms with Gasteiger partial charge in [0.2, 0.25) is 0 Å². The van der Waals surface area contributed by atoms with Crippen LogP contribution in [0, 0.1) is 0 Å². The average Bonchev–Trinajstić information content (AvgIpc) is 2.52. The van der Waals surface area contributed by atoms with Gasteiger partial charge in [-0.3, -0.25) is 9.59 Å². The topological polar surface area (TPSA) is 98.6 Å². The number of carboxylic acids is 1. The smallest absolute Gasteiger partial charge is 1.00 e. The SMILES string of the molecule is CCC(=O)O.CCCCCCCCCCCCOC(=O)CC.N.[H-].[H-].[Na+].[Na+]. The quantitative estimate of drug-likeness (QED) is 0.260. The molecule has 0 aliphatic rings. The van der Waals surface area contributed by atoms with Crippen LogP contribution in [0.15, 0.2) is 0 Å². The van der Waals surface area contributed by atoms with Gasteiger partial charge in [-0.15, -0.1) is 0 Å². The van der Waals surface area contributed by atoms with Gasteiger partial charge in [-0.1, -0.05) is 78.6 Å². The summed E-state index contributed by atoms with van der Waals surface area (Å²) in [5.74, 6) is -0.814. The molecule has 25 heavy (non-hydrogen) atoms. The van der Waals surface area contributed by atoms with Crippen LogP contribution in [0.1, 0.15) is 101 Å². The number of rotatable bonds is 13. The van der Waals surface area contributed by atoms with Crippen molar-refractivity contribution in [3.05, 3.63) is 0 Å². The second-order valence-corrected chi connectivity index (χ2v) is 5.50. The number of hydrogen-bond donors (Lipinski definition) is 2. The Balaban J connectivity index is -0.0000000713. The van der Waals surface area contributed by atoms with E-state index in [1.54, 1.807) is 6.92 Å². The second kappa shape index (κ2) is 32.6. The Morgan fingerprint density at radius 1 is 0.760 bits per heavy atom. The van der Waals surface area contributed by atoms with Gasteiger partial charge in [-0.2, -0.15) is 0 Å². The van der Waals surface area contributed by atoms with Crippen LogP contribution in [-0.4, -0.2) is 23.7 Å². The van der Waals surface area contributed by atoms with Crippen molar-refractivity contribution in [1.29, 1.82) is 0 Å². The molecule has 0 aromatic carbocycles. The molecule has 0 amide bonds. The van der Waals surface area contributed by atoms with Crippen molar-refractivity contribution in [2.75, 3.05) is 6.61 Å². The molecular formula is C18H41NNa2O4. The molecule has 7 heteroatoms. The monoisotopic (exact) mass is 381 g/mol. The van der Waals surface area contributed by atoms with Gasteiger partial charge in [0, 0.05) is 12.8 Å². The molecule has 0 aliphatic heterocycles. The molecule has 0 unspecified atom stereocenters. The Bertz CT molecular complexity index is 278. The van der Waals surface area contributed by atoms with Gasteiger partial charge in [0.05, 0.1) is 6.61 Å². The maximum atomic E-state index is 10.8. The zero-order chi connectivity index (χ0) is 17.1. The van der Waals surface area contributed by atoms with Crippen molar-refractivity contribution in [2.45, 2.75) is 97.8 Å². The van der Waals surface area contributed by atoms with Gasteiger partial charge < -0.3 is 18.8 Å².